The van der Waals surface area contributed by atoms with Crippen LogP contribution in [0.25, 0.3) is 0 Å². The summed E-state index contributed by atoms with van der Waals surface area (Å²) in [5, 5.41) is 0. The molecule has 0 unspecified atom stereocenters. The summed E-state index contributed by atoms with van der Waals surface area (Å²) in [5.41, 5.74) is 4.49. The highest BCUT2D eigenvalue weighted by atomic mass is 16.7. The molecule has 0 aromatic heterocycles. The molecule has 0 rings (SSSR count). The maximum Gasteiger partial charge on any atom is 0.324 e. The minimum Gasteiger partial charge on any atom is -0.371 e. The Kier molecular flexibility index (Phi) is 12.0. The van der Waals surface area contributed by atoms with E-state index in [9.17, 15) is 9.59 Å². The summed E-state index contributed by atoms with van der Waals surface area (Å²) < 4.78 is 0. The fourth-order valence-corrected chi connectivity index (χ4v) is 0.330. The minimum absolute atomic E-state index is 0.234. The van der Waals surface area contributed by atoms with Gasteiger partial charge >= 0.3 is 11.9 Å². The van der Waals surface area contributed by atoms with E-state index in [4.69, 9.17) is 0 Å². The Hall–Kier alpha value is -1.14. The van der Waals surface area contributed by atoms with Crippen LogP contribution in [0.15, 0.2) is 0 Å². The molecule has 0 bridgehead atoms. The zero-order valence-electron chi connectivity index (χ0n) is 8.34. The van der Waals surface area contributed by atoms with Gasteiger partial charge in [0, 0.05) is 27.4 Å². The van der Waals surface area contributed by atoms with Crippen molar-refractivity contribution < 1.29 is 19.3 Å². The Morgan fingerprint density at radius 3 is 1.69 bits per heavy atom. The number of hydrogen-bond acceptors (Lipinski definition) is 6. The Labute approximate surface area is 77.5 Å². The molecule has 0 saturated heterocycles. The number of rotatable bonds is 3. The summed E-state index contributed by atoms with van der Waals surface area (Å²) in [6.07, 6.45) is 0.418. The number of carbonyl (C=O) groups is 2. The highest BCUT2D eigenvalue weighted by molar-refractivity contribution is 5.68. The first kappa shape index (κ1) is 14.4. The highest BCUT2D eigenvalue weighted by Crippen LogP contribution is 1.76. The Bertz CT molecular complexity index is 149. The molecule has 78 valence electrons. The fraction of sp³-hybridized carbons (Fsp3) is 0.714. The van der Waals surface area contributed by atoms with Crippen LogP contribution in [0.3, 0.4) is 0 Å². The lowest BCUT2D eigenvalue weighted by Gasteiger charge is -1.94. The topological polar surface area (TPSA) is 76.7 Å². The number of hydrogen-bond donors (Lipinski definition) is 2. The van der Waals surface area contributed by atoms with E-state index in [2.05, 4.69) is 20.6 Å². The van der Waals surface area contributed by atoms with Crippen molar-refractivity contribution in [3.8, 4) is 0 Å². The van der Waals surface area contributed by atoms with E-state index in [1.807, 2.05) is 0 Å². The molecule has 0 heterocycles. The molecule has 13 heavy (non-hydrogen) atoms. The molecule has 0 radical (unpaired) electrons. The average molecular weight is 192 g/mol. The van der Waals surface area contributed by atoms with Crippen LogP contribution >= 0.6 is 0 Å². The zero-order valence-corrected chi connectivity index (χ0v) is 8.34. The smallest absolute Gasteiger partial charge is 0.324 e. The molecule has 6 heteroatoms. The van der Waals surface area contributed by atoms with E-state index < -0.39 is 0 Å². The van der Waals surface area contributed by atoms with Crippen LogP contribution in [0.5, 0.6) is 0 Å². The van der Waals surface area contributed by atoms with E-state index in [0.29, 0.717) is 6.42 Å². The molecule has 0 fully saturated rings. The van der Waals surface area contributed by atoms with E-state index in [0.717, 1.165) is 0 Å². The van der Waals surface area contributed by atoms with Gasteiger partial charge in [-0.05, 0) is 0 Å². The second kappa shape index (κ2) is 10.9. The molecule has 2 N–H and O–H groups in total. The average Bonchev–Trinajstić information content (AvgIpc) is 2.05. The Morgan fingerprint density at radius 2 is 1.62 bits per heavy atom. The fourth-order valence-electron chi connectivity index (χ4n) is 0.330. The van der Waals surface area contributed by atoms with Crippen LogP contribution in [0, 0.1) is 0 Å². The van der Waals surface area contributed by atoms with Crippen molar-refractivity contribution in [1.29, 1.82) is 0 Å². The van der Waals surface area contributed by atoms with Crippen molar-refractivity contribution in [2.75, 3.05) is 14.1 Å². The quantitative estimate of drug-likeness (QED) is 0.601. The van der Waals surface area contributed by atoms with Crippen molar-refractivity contribution in [3.05, 3.63) is 0 Å². The van der Waals surface area contributed by atoms with Crippen molar-refractivity contribution >= 4 is 11.9 Å². The SMILES string of the molecule is CCC(=O)ONC.CNOC(C)=O. The van der Waals surface area contributed by atoms with E-state index in [-0.39, 0.29) is 11.9 Å². The summed E-state index contributed by atoms with van der Waals surface area (Å²) in [6, 6.07) is 0. The van der Waals surface area contributed by atoms with Gasteiger partial charge in [0.2, 0.25) is 0 Å². The maximum atomic E-state index is 10.1. The molecular weight excluding hydrogens is 176 g/mol. The summed E-state index contributed by atoms with van der Waals surface area (Å²) >= 11 is 0. The van der Waals surface area contributed by atoms with Crippen molar-refractivity contribution in [2.45, 2.75) is 20.3 Å². The molecule has 0 saturated carbocycles. The van der Waals surface area contributed by atoms with Crippen molar-refractivity contribution in [2.24, 2.45) is 0 Å². The van der Waals surface area contributed by atoms with Gasteiger partial charge in [0.1, 0.15) is 0 Å². The molecule has 0 aromatic rings. The Balaban J connectivity index is 0. The first-order valence-corrected chi connectivity index (χ1v) is 3.79. The van der Waals surface area contributed by atoms with Gasteiger partial charge in [-0.25, -0.2) is 0 Å². The third kappa shape index (κ3) is 18.1. The second-order valence-electron chi connectivity index (χ2n) is 1.83. The van der Waals surface area contributed by atoms with Crippen LogP contribution in [-0.2, 0) is 19.3 Å². The second-order valence-corrected chi connectivity index (χ2v) is 1.83. The molecule has 0 atom stereocenters. The summed E-state index contributed by atoms with van der Waals surface area (Å²) in [7, 11) is 3.08. The molecule has 0 spiro atoms. The highest BCUT2D eigenvalue weighted by Gasteiger charge is 1.91. The predicted molar refractivity (Wildman–Crippen MR) is 46.3 cm³/mol. The van der Waals surface area contributed by atoms with Crippen molar-refractivity contribution in [1.82, 2.24) is 11.0 Å². The minimum atomic E-state index is -0.322. The predicted octanol–water partition coefficient (Wildman–Crippen LogP) is -0.242. The monoisotopic (exact) mass is 192 g/mol. The van der Waals surface area contributed by atoms with Crippen LogP contribution in [0.4, 0.5) is 0 Å². The van der Waals surface area contributed by atoms with Crippen molar-refractivity contribution in [3.63, 3.8) is 0 Å². The molecule has 0 aliphatic rings. The largest absolute Gasteiger partial charge is 0.371 e. The maximum absolute atomic E-state index is 10.1. The lowest BCUT2D eigenvalue weighted by molar-refractivity contribution is -0.149. The summed E-state index contributed by atoms with van der Waals surface area (Å²) in [5.74, 6) is -0.556. The molecule has 0 aliphatic carbocycles. The third-order valence-electron chi connectivity index (χ3n) is 0.750. The van der Waals surface area contributed by atoms with Crippen LogP contribution < -0.4 is 11.0 Å². The third-order valence-corrected chi connectivity index (χ3v) is 0.750. The van der Waals surface area contributed by atoms with Gasteiger partial charge in [-0.3, -0.25) is 9.59 Å². The number of hydroxylamine groups is 2. The molecule has 0 aliphatic heterocycles. The lowest BCUT2D eigenvalue weighted by Crippen LogP contribution is -2.13. The van der Waals surface area contributed by atoms with Crippen LogP contribution in [-0.4, -0.2) is 26.0 Å². The molecule has 6 nitrogen and oxygen atoms in total. The van der Waals surface area contributed by atoms with E-state index in [1.54, 1.807) is 14.0 Å². The van der Waals surface area contributed by atoms with Gasteiger partial charge in [-0.1, -0.05) is 6.92 Å². The van der Waals surface area contributed by atoms with E-state index in [1.165, 1.54) is 14.0 Å². The van der Waals surface area contributed by atoms with Gasteiger partial charge in [-0.2, -0.15) is 11.0 Å². The zero-order chi connectivity index (χ0) is 10.7. The van der Waals surface area contributed by atoms with Gasteiger partial charge < -0.3 is 9.68 Å². The lowest BCUT2D eigenvalue weighted by atomic mass is 10.5. The standard InChI is InChI=1S/C4H9NO2.C3H7NO2/c1-3-4(6)7-5-2;1-3(5)6-4-2/h5H,3H2,1-2H3;4H,1-2H3. The van der Waals surface area contributed by atoms with Gasteiger partial charge in [0.05, 0.1) is 0 Å². The summed E-state index contributed by atoms with van der Waals surface area (Å²) in [4.78, 5) is 28.3. The number of carbonyl (C=O) groups excluding carboxylic acids is 2. The van der Waals surface area contributed by atoms with E-state index >= 15 is 0 Å². The Morgan fingerprint density at radius 1 is 1.15 bits per heavy atom. The summed E-state index contributed by atoms with van der Waals surface area (Å²) in [6.45, 7) is 3.07. The molecule has 0 aromatic carbocycles. The van der Waals surface area contributed by atoms with Crippen LogP contribution in [0.2, 0.25) is 0 Å². The molecular formula is C7H16N2O4. The van der Waals surface area contributed by atoms with Gasteiger partial charge in [0.25, 0.3) is 0 Å². The van der Waals surface area contributed by atoms with Gasteiger partial charge in [-0.15, -0.1) is 0 Å². The van der Waals surface area contributed by atoms with Crippen LogP contribution in [0.1, 0.15) is 20.3 Å². The first-order valence-electron chi connectivity index (χ1n) is 3.79. The first-order chi connectivity index (χ1) is 6.08. The van der Waals surface area contributed by atoms with Gasteiger partial charge in [0.15, 0.2) is 0 Å². The number of nitrogens with one attached hydrogen (secondary N) is 2. The molecule has 0 amide bonds. The normalized spacial score (nSPS) is 8.00.